The summed E-state index contributed by atoms with van der Waals surface area (Å²) in [5.41, 5.74) is -4.07. The van der Waals surface area contributed by atoms with Crippen LogP contribution in [0.3, 0.4) is 0 Å². The number of benzene rings is 1. The van der Waals surface area contributed by atoms with Gasteiger partial charge in [-0.25, -0.2) is 13.8 Å². The van der Waals surface area contributed by atoms with Crippen molar-refractivity contribution in [2.45, 2.75) is 58.0 Å². The molecule has 0 spiro atoms. The zero-order valence-corrected chi connectivity index (χ0v) is 21.0. The summed E-state index contributed by atoms with van der Waals surface area (Å²) >= 11 is 0. The number of nitrogens with one attached hydrogen (secondary N) is 2. The Morgan fingerprint density at radius 1 is 1.28 bits per heavy atom. The topological polar surface area (TPSA) is 158 Å². The van der Waals surface area contributed by atoms with Gasteiger partial charge in [-0.3, -0.25) is 23.7 Å². The van der Waals surface area contributed by atoms with Crippen molar-refractivity contribution in [1.29, 1.82) is 0 Å². The minimum Gasteiger partial charge on any atom is -0.462 e. The van der Waals surface area contributed by atoms with E-state index in [9.17, 15) is 24.1 Å². The average Bonchev–Trinajstić information content (AvgIpc) is 3.02. The molecule has 2 aromatic rings. The number of rotatable bonds is 10. The van der Waals surface area contributed by atoms with Crippen LogP contribution in [0.25, 0.3) is 0 Å². The lowest BCUT2D eigenvalue weighted by molar-refractivity contribution is -0.149. The molecule has 1 aromatic carbocycles. The van der Waals surface area contributed by atoms with Crippen molar-refractivity contribution >= 4 is 13.7 Å². The number of halogens is 1. The van der Waals surface area contributed by atoms with Gasteiger partial charge in [-0.2, -0.15) is 5.09 Å². The number of aromatic amines is 1. The second-order valence-electron chi connectivity index (χ2n) is 8.66. The number of aliphatic hydroxyl groups excluding tert-OH is 1. The first-order chi connectivity index (χ1) is 16.9. The Hall–Kier alpha value is -2.83. The molecule has 36 heavy (non-hydrogen) atoms. The highest BCUT2D eigenvalue weighted by atomic mass is 31.2. The summed E-state index contributed by atoms with van der Waals surface area (Å²) in [4.78, 5) is 38.0. The number of carbonyl (C=O) groups excluding carboxylic acids is 1. The second kappa shape index (κ2) is 11.1. The minimum absolute atomic E-state index is 0.104. The van der Waals surface area contributed by atoms with Crippen LogP contribution in [-0.2, 0) is 23.4 Å². The molecule has 14 heteroatoms. The van der Waals surface area contributed by atoms with E-state index in [2.05, 4.69) is 5.09 Å². The van der Waals surface area contributed by atoms with Crippen molar-refractivity contribution in [2.24, 2.45) is 5.92 Å². The Balaban J connectivity index is 1.93. The van der Waals surface area contributed by atoms with Gasteiger partial charge >= 0.3 is 19.4 Å². The first-order valence-electron chi connectivity index (χ1n) is 11.1. The number of aromatic nitrogens is 2. The third kappa shape index (κ3) is 6.29. The van der Waals surface area contributed by atoms with E-state index in [4.69, 9.17) is 18.5 Å². The van der Waals surface area contributed by atoms with Crippen LogP contribution in [0.2, 0.25) is 0 Å². The zero-order chi connectivity index (χ0) is 26.7. The molecular formula is C22H29FN3O9P. The molecule has 0 bridgehead atoms. The van der Waals surface area contributed by atoms with Gasteiger partial charge in [0.05, 0.1) is 18.6 Å². The van der Waals surface area contributed by atoms with Crippen molar-refractivity contribution < 1.29 is 37.4 Å². The Morgan fingerprint density at radius 2 is 1.94 bits per heavy atom. The SMILES string of the molecule is CC(C)OC(=O)[C@@H](C)NP(=O)(Oc1ccccc1)O[C@H]1O[C@H](n2ccc(=O)[nH]c2=O)[C@@](C)(F)[C@@H]1CO. The highest BCUT2D eigenvalue weighted by Gasteiger charge is 2.58. The zero-order valence-electron chi connectivity index (χ0n) is 20.1. The molecule has 3 rings (SSSR count). The number of H-pyrrole nitrogens is 1. The fourth-order valence-corrected chi connectivity index (χ4v) is 5.18. The molecule has 3 N–H and O–H groups in total. The lowest BCUT2D eigenvalue weighted by Crippen LogP contribution is -2.42. The first kappa shape index (κ1) is 27.8. The summed E-state index contributed by atoms with van der Waals surface area (Å²) in [5, 5.41) is 12.4. The van der Waals surface area contributed by atoms with Gasteiger partial charge in [-0.15, -0.1) is 0 Å². The summed E-state index contributed by atoms with van der Waals surface area (Å²) in [6, 6.07) is 7.69. The molecule has 1 saturated heterocycles. The molecule has 1 aliphatic rings. The highest BCUT2D eigenvalue weighted by Crippen LogP contribution is 2.53. The monoisotopic (exact) mass is 529 g/mol. The van der Waals surface area contributed by atoms with Crippen molar-refractivity contribution in [3.05, 3.63) is 63.4 Å². The molecule has 1 aliphatic heterocycles. The Morgan fingerprint density at radius 3 is 2.53 bits per heavy atom. The normalized spacial score (nSPS) is 26.4. The fraction of sp³-hybridized carbons (Fsp3) is 0.500. The number of alkyl halides is 1. The number of hydrogen-bond donors (Lipinski definition) is 3. The van der Waals surface area contributed by atoms with Crippen LogP contribution in [0.5, 0.6) is 5.75 Å². The standard InChI is InChI=1S/C22H29FN3O9P/c1-13(2)32-18(29)14(3)25-36(31,34-15-8-6-5-7-9-15)35-19-16(12-27)22(4,23)20(33-19)26-11-10-17(28)24-21(26)30/h5-11,13-14,16,19-20,27H,12H2,1-4H3,(H,25,31)(H,24,28,30)/t14-,16-,19-,20+,22+,36?/m1/s1. The highest BCUT2D eigenvalue weighted by molar-refractivity contribution is 7.52. The average molecular weight is 529 g/mol. The maximum Gasteiger partial charge on any atom is 0.461 e. The van der Waals surface area contributed by atoms with Crippen molar-refractivity contribution in [3.8, 4) is 5.75 Å². The largest absolute Gasteiger partial charge is 0.462 e. The van der Waals surface area contributed by atoms with E-state index in [1.54, 1.807) is 32.0 Å². The summed E-state index contributed by atoms with van der Waals surface area (Å²) in [7, 11) is -4.49. The Kier molecular flexibility index (Phi) is 8.52. The first-order valence-corrected chi connectivity index (χ1v) is 12.7. The predicted octanol–water partition coefficient (Wildman–Crippen LogP) is 1.86. The molecule has 198 valence electrons. The van der Waals surface area contributed by atoms with E-state index in [-0.39, 0.29) is 5.75 Å². The van der Waals surface area contributed by atoms with E-state index in [0.717, 1.165) is 23.8 Å². The molecule has 0 radical (unpaired) electrons. The van der Waals surface area contributed by atoms with Crippen LogP contribution in [0.4, 0.5) is 4.39 Å². The number of carbonyl (C=O) groups is 1. The molecule has 6 atom stereocenters. The number of aliphatic hydroxyl groups is 1. The number of hydrogen-bond acceptors (Lipinski definition) is 9. The van der Waals surface area contributed by atoms with Crippen molar-refractivity contribution in [3.63, 3.8) is 0 Å². The van der Waals surface area contributed by atoms with Crippen molar-refractivity contribution in [2.75, 3.05) is 6.61 Å². The molecule has 1 aromatic heterocycles. The van der Waals surface area contributed by atoms with E-state index < -0.39 is 67.8 Å². The summed E-state index contributed by atoms with van der Waals surface area (Å²) < 4.78 is 52.3. The second-order valence-corrected chi connectivity index (χ2v) is 10.3. The molecule has 2 heterocycles. The van der Waals surface area contributed by atoms with E-state index in [1.807, 2.05) is 4.98 Å². The molecule has 12 nitrogen and oxygen atoms in total. The summed E-state index contributed by atoms with van der Waals surface area (Å²) in [5.74, 6) is -2.08. The van der Waals surface area contributed by atoms with Gasteiger partial charge in [0, 0.05) is 12.3 Å². The van der Waals surface area contributed by atoms with Crippen molar-refractivity contribution in [1.82, 2.24) is 14.6 Å². The third-order valence-electron chi connectivity index (χ3n) is 5.37. The molecule has 0 saturated carbocycles. The molecule has 0 amide bonds. The van der Waals surface area contributed by atoms with Crippen LogP contribution in [0, 0.1) is 5.92 Å². The summed E-state index contributed by atoms with van der Waals surface area (Å²) in [6.45, 7) is 4.90. The molecule has 1 unspecified atom stereocenters. The Labute approximate surface area is 205 Å². The van der Waals surface area contributed by atoms with Gasteiger partial charge < -0.3 is 19.1 Å². The van der Waals surface area contributed by atoms with E-state index in [1.165, 1.54) is 19.1 Å². The number of ether oxygens (including phenoxy) is 2. The predicted molar refractivity (Wildman–Crippen MR) is 125 cm³/mol. The van der Waals surface area contributed by atoms with Crippen LogP contribution < -0.4 is 20.9 Å². The number of esters is 1. The molecular weight excluding hydrogens is 500 g/mol. The van der Waals surface area contributed by atoms with Crippen LogP contribution in [0.1, 0.15) is 33.9 Å². The maximum absolute atomic E-state index is 15.9. The lowest BCUT2D eigenvalue weighted by atomic mass is 9.92. The third-order valence-corrected chi connectivity index (χ3v) is 7.01. The van der Waals surface area contributed by atoms with E-state index >= 15 is 4.39 Å². The Bertz CT molecular complexity index is 1220. The van der Waals surface area contributed by atoms with Gasteiger partial charge in [0.25, 0.3) is 5.56 Å². The smallest absolute Gasteiger partial charge is 0.461 e. The van der Waals surface area contributed by atoms with Crippen LogP contribution in [0.15, 0.2) is 52.2 Å². The molecule has 0 aliphatic carbocycles. The van der Waals surface area contributed by atoms with Gasteiger partial charge in [-0.1, -0.05) is 18.2 Å². The minimum atomic E-state index is -4.49. The number of nitrogens with zero attached hydrogens (tertiary/aromatic N) is 1. The fourth-order valence-electron chi connectivity index (χ4n) is 3.58. The van der Waals surface area contributed by atoms with Gasteiger partial charge in [0.1, 0.15) is 11.8 Å². The lowest BCUT2D eigenvalue weighted by Gasteiger charge is -2.28. The van der Waals surface area contributed by atoms with E-state index in [0.29, 0.717) is 0 Å². The van der Waals surface area contributed by atoms with Crippen LogP contribution in [-0.4, -0.2) is 51.3 Å². The van der Waals surface area contributed by atoms with Gasteiger partial charge in [0.15, 0.2) is 18.2 Å². The summed E-state index contributed by atoms with van der Waals surface area (Å²) in [6.07, 6.45) is -2.76. The van der Waals surface area contributed by atoms with Gasteiger partial charge in [0.2, 0.25) is 0 Å². The molecule has 1 fully saturated rings. The number of para-hydroxylation sites is 1. The maximum atomic E-state index is 15.9. The quantitative estimate of drug-likeness (QED) is 0.306. The van der Waals surface area contributed by atoms with Gasteiger partial charge in [-0.05, 0) is 39.8 Å². The van der Waals surface area contributed by atoms with Crippen LogP contribution >= 0.6 is 7.75 Å².